The van der Waals surface area contributed by atoms with Crippen LogP contribution in [0, 0.1) is 12.8 Å². The Hall–Kier alpha value is -1.36. The molecule has 2 fully saturated rings. The van der Waals surface area contributed by atoms with Gasteiger partial charge in [0.1, 0.15) is 0 Å². The summed E-state index contributed by atoms with van der Waals surface area (Å²) in [6.07, 6.45) is 1.78. The smallest absolute Gasteiger partial charge is 0.255 e. The summed E-state index contributed by atoms with van der Waals surface area (Å²) in [6, 6.07) is 5.76. The molecule has 2 heterocycles. The minimum Gasteiger partial charge on any atom is -0.354 e. The van der Waals surface area contributed by atoms with E-state index in [1.165, 1.54) is 0 Å². The van der Waals surface area contributed by atoms with E-state index in [0.29, 0.717) is 12.1 Å². The number of likely N-dealkylation sites (tertiary alicyclic amines) is 1. The molecule has 2 atom stereocenters. The number of carbonyl (C=O) groups is 2. The molecule has 106 valence electrons. The van der Waals surface area contributed by atoms with Crippen molar-refractivity contribution in [1.82, 2.24) is 10.2 Å². The van der Waals surface area contributed by atoms with Gasteiger partial charge in [0.05, 0.1) is 17.5 Å². The molecule has 0 spiro atoms. The first-order valence-electron chi connectivity index (χ1n) is 6.93. The van der Waals surface area contributed by atoms with Crippen LogP contribution in [0.2, 0.25) is 0 Å². The van der Waals surface area contributed by atoms with Gasteiger partial charge in [-0.3, -0.25) is 9.59 Å². The minimum atomic E-state index is -0.0306. The molecule has 2 aliphatic heterocycles. The first-order valence-corrected chi connectivity index (χ1v) is 7.72. The average Bonchev–Trinajstić information content (AvgIpc) is 2.80. The van der Waals surface area contributed by atoms with Crippen molar-refractivity contribution in [2.24, 2.45) is 5.92 Å². The SMILES string of the molecule is Cc1ccc(C(=O)N2CCCC3C(=O)NCC32)c(Br)c1. The second-order valence-electron chi connectivity index (χ2n) is 5.54. The van der Waals surface area contributed by atoms with Gasteiger partial charge >= 0.3 is 0 Å². The fraction of sp³-hybridized carbons (Fsp3) is 0.467. The largest absolute Gasteiger partial charge is 0.354 e. The molecule has 2 saturated heterocycles. The molecule has 0 aliphatic carbocycles. The molecule has 3 rings (SSSR count). The third kappa shape index (κ3) is 2.24. The summed E-state index contributed by atoms with van der Waals surface area (Å²) >= 11 is 3.47. The van der Waals surface area contributed by atoms with Gasteiger partial charge in [-0.15, -0.1) is 0 Å². The number of amides is 2. The van der Waals surface area contributed by atoms with Crippen LogP contribution < -0.4 is 5.32 Å². The van der Waals surface area contributed by atoms with Crippen molar-refractivity contribution in [3.63, 3.8) is 0 Å². The van der Waals surface area contributed by atoms with Gasteiger partial charge in [0.15, 0.2) is 0 Å². The topological polar surface area (TPSA) is 49.4 Å². The number of nitrogens with zero attached hydrogens (tertiary/aromatic N) is 1. The van der Waals surface area contributed by atoms with E-state index in [1.807, 2.05) is 30.0 Å². The molecule has 5 heteroatoms. The van der Waals surface area contributed by atoms with Crippen molar-refractivity contribution in [3.05, 3.63) is 33.8 Å². The zero-order valence-electron chi connectivity index (χ0n) is 11.4. The molecule has 2 amide bonds. The first-order chi connectivity index (χ1) is 9.58. The van der Waals surface area contributed by atoms with Crippen LogP contribution in [0.5, 0.6) is 0 Å². The molecular weight excluding hydrogens is 320 g/mol. The Bertz CT molecular complexity index is 573. The first kappa shape index (κ1) is 13.6. The standard InChI is InChI=1S/C15H17BrN2O2/c1-9-4-5-10(12(16)7-9)15(20)18-6-2-3-11-13(18)8-17-14(11)19/h4-5,7,11,13H,2-3,6,8H2,1H3,(H,17,19). The highest BCUT2D eigenvalue weighted by atomic mass is 79.9. The van der Waals surface area contributed by atoms with Crippen LogP contribution >= 0.6 is 15.9 Å². The van der Waals surface area contributed by atoms with E-state index in [-0.39, 0.29) is 23.8 Å². The number of halogens is 1. The summed E-state index contributed by atoms with van der Waals surface area (Å²) < 4.78 is 0.821. The predicted molar refractivity (Wildman–Crippen MR) is 79.4 cm³/mol. The number of hydrogen-bond donors (Lipinski definition) is 1. The van der Waals surface area contributed by atoms with E-state index in [9.17, 15) is 9.59 Å². The monoisotopic (exact) mass is 336 g/mol. The zero-order chi connectivity index (χ0) is 14.3. The number of carbonyl (C=O) groups excluding carboxylic acids is 2. The Kier molecular flexibility index (Phi) is 3.54. The van der Waals surface area contributed by atoms with Gasteiger partial charge in [-0.1, -0.05) is 6.07 Å². The summed E-state index contributed by atoms with van der Waals surface area (Å²) in [5.41, 5.74) is 1.79. The predicted octanol–water partition coefficient (Wildman–Crippen LogP) is 2.11. The van der Waals surface area contributed by atoms with Crippen LogP contribution in [0.15, 0.2) is 22.7 Å². The average molecular weight is 337 g/mol. The lowest BCUT2D eigenvalue weighted by molar-refractivity contribution is -0.123. The Labute approximate surface area is 126 Å². The maximum Gasteiger partial charge on any atom is 0.255 e. The van der Waals surface area contributed by atoms with E-state index in [1.54, 1.807) is 0 Å². The second kappa shape index (κ2) is 5.20. The lowest BCUT2D eigenvalue weighted by Gasteiger charge is -2.36. The number of benzene rings is 1. The van der Waals surface area contributed by atoms with Gasteiger partial charge in [0, 0.05) is 17.6 Å². The number of rotatable bonds is 1. The molecule has 1 aromatic rings. The summed E-state index contributed by atoms with van der Waals surface area (Å²) in [5.74, 6) is 0.0791. The third-order valence-electron chi connectivity index (χ3n) is 4.22. The van der Waals surface area contributed by atoms with Crippen molar-refractivity contribution in [3.8, 4) is 0 Å². The van der Waals surface area contributed by atoms with Gasteiger partial charge < -0.3 is 10.2 Å². The number of nitrogens with one attached hydrogen (secondary N) is 1. The van der Waals surface area contributed by atoms with E-state index >= 15 is 0 Å². The van der Waals surface area contributed by atoms with E-state index in [0.717, 1.165) is 29.4 Å². The summed E-state index contributed by atoms with van der Waals surface area (Å²) in [5, 5.41) is 2.88. The van der Waals surface area contributed by atoms with Gasteiger partial charge in [-0.05, 0) is 53.4 Å². The third-order valence-corrected chi connectivity index (χ3v) is 4.87. The molecule has 0 radical (unpaired) electrons. The van der Waals surface area contributed by atoms with E-state index < -0.39 is 0 Å². The van der Waals surface area contributed by atoms with Crippen molar-refractivity contribution >= 4 is 27.7 Å². The number of aryl methyl sites for hydroxylation is 1. The summed E-state index contributed by atoms with van der Waals surface area (Å²) in [4.78, 5) is 26.4. The summed E-state index contributed by atoms with van der Waals surface area (Å²) in [6.45, 7) is 3.31. The van der Waals surface area contributed by atoms with Gasteiger partial charge in [-0.25, -0.2) is 0 Å². The van der Waals surface area contributed by atoms with Gasteiger partial charge in [-0.2, -0.15) is 0 Å². The highest BCUT2D eigenvalue weighted by molar-refractivity contribution is 9.10. The minimum absolute atomic E-state index is 0.0111. The Balaban J connectivity index is 1.88. The number of piperidine rings is 1. The van der Waals surface area contributed by atoms with Crippen molar-refractivity contribution < 1.29 is 9.59 Å². The maximum atomic E-state index is 12.7. The van der Waals surface area contributed by atoms with Crippen LogP contribution in [0.25, 0.3) is 0 Å². The fourth-order valence-electron chi connectivity index (χ4n) is 3.15. The molecule has 2 unspecified atom stereocenters. The highest BCUT2D eigenvalue weighted by Crippen LogP contribution is 2.30. The maximum absolute atomic E-state index is 12.7. The number of hydrogen-bond acceptors (Lipinski definition) is 2. The van der Waals surface area contributed by atoms with Crippen LogP contribution in [0.4, 0.5) is 0 Å². The Morgan fingerprint density at radius 2 is 2.25 bits per heavy atom. The molecule has 4 nitrogen and oxygen atoms in total. The van der Waals surface area contributed by atoms with Crippen molar-refractivity contribution in [1.29, 1.82) is 0 Å². The van der Waals surface area contributed by atoms with Crippen LogP contribution in [-0.4, -0.2) is 35.8 Å². The molecule has 0 saturated carbocycles. The lowest BCUT2D eigenvalue weighted by atomic mass is 9.91. The van der Waals surface area contributed by atoms with Crippen LogP contribution in [-0.2, 0) is 4.79 Å². The molecule has 0 aromatic heterocycles. The molecular formula is C15H17BrN2O2. The lowest BCUT2D eigenvalue weighted by Crippen LogP contribution is -2.48. The molecule has 20 heavy (non-hydrogen) atoms. The van der Waals surface area contributed by atoms with Crippen LogP contribution in [0.1, 0.15) is 28.8 Å². The van der Waals surface area contributed by atoms with Gasteiger partial charge in [0.25, 0.3) is 5.91 Å². The number of fused-ring (bicyclic) bond motifs is 1. The van der Waals surface area contributed by atoms with Crippen molar-refractivity contribution in [2.45, 2.75) is 25.8 Å². The molecule has 0 bridgehead atoms. The Morgan fingerprint density at radius 3 is 3.00 bits per heavy atom. The van der Waals surface area contributed by atoms with Crippen LogP contribution in [0.3, 0.4) is 0 Å². The fourth-order valence-corrected chi connectivity index (χ4v) is 3.81. The highest BCUT2D eigenvalue weighted by Gasteiger charge is 2.42. The quantitative estimate of drug-likeness (QED) is 0.853. The van der Waals surface area contributed by atoms with E-state index in [4.69, 9.17) is 0 Å². The van der Waals surface area contributed by atoms with Gasteiger partial charge in [0.2, 0.25) is 5.91 Å². The second-order valence-corrected chi connectivity index (χ2v) is 6.40. The van der Waals surface area contributed by atoms with Crippen molar-refractivity contribution in [2.75, 3.05) is 13.1 Å². The zero-order valence-corrected chi connectivity index (χ0v) is 12.9. The normalized spacial score (nSPS) is 25.3. The molecule has 1 N–H and O–H groups in total. The summed E-state index contributed by atoms with van der Waals surface area (Å²) in [7, 11) is 0. The molecule has 1 aromatic carbocycles. The Morgan fingerprint density at radius 1 is 1.45 bits per heavy atom. The molecule has 2 aliphatic rings. The van der Waals surface area contributed by atoms with E-state index in [2.05, 4.69) is 21.2 Å².